The van der Waals surface area contributed by atoms with Gasteiger partial charge in [0.25, 0.3) is 0 Å². The summed E-state index contributed by atoms with van der Waals surface area (Å²) in [5, 5.41) is 0. The minimum Gasteiger partial charge on any atom is -0.466 e. The number of benzene rings is 2. The minimum absolute atomic E-state index is 0.169. The maximum atomic E-state index is 12.0. The molecule has 0 saturated heterocycles. The Morgan fingerprint density at radius 1 is 1.04 bits per heavy atom. The molecule has 1 unspecified atom stereocenters. The highest BCUT2D eigenvalue weighted by atomic mass is 16.5. The fourth-order valence-corrected chi connectivity index (χ4v) is 2.89. The Hall–Kier alpha value is -2.09. The van der Waals surface area contributed by atoms with Gasteiger partial charge < -0.3 is 4.74 Å². The Balaban J connectivity index is 2.47. The molecule has 0 aliphatic rings. The van der Waals surface area contributed by atoms with Gasteiger partial charge in [-0.3, -0.25) is 4.79 Å². The number of aryl methyl sites for hydroxylation is 1. The summed E-state index contributed by atoms with van der Waals surface area (Å²) in [6, 6.07) is 10.5. The number of hydrogen-bond donors (Lipinski definition) is 0. The molecule has 23 heavy (non-hydrogen) atoms. The molecule has 0 heterocycles. The van der Waals surface area contributed by atoms with Crippen LogP contribution in [0.4, 0.5) is 0 Å². The van der Waals surface area contributed by atoms with Crippen LogP contribution < -0.4 is 0 Å². The summed E-state index contributed by atoms with van der Waals surface area (Å²) in [4.78, 5) is 12.0. The van der Waals surface area contributed by atoms with E-state index in [1.807, 2.05) is 26.0 Å². The van der Waals surface area contributed by atoms with Crippen LogP contribution in [0, 0.1) is 27.7 Å². The summed E-state index contributed by atoms with van der Waals surface area (Å²) < 4.78 is 5.14. The first-order valence-electron chi connectivity index (χ1n) is 8.21. The zero-order chi connectivity index (χ0) is 17.1. The summed E-state index contributed by atoms with van der Waals surface area (Å²) in [6.07, 6.45) is 0. The van der Waals surface area contributed by atoms with E-state index in [0.29, 0.717) is 6.61 Å². The highest BCUT2D eigenvalue weighted by Crippen LogP contribution is 2.31. The molecule has 0 bridgehead atoms. The molecule has 0 spiro atoms. The highest BCUT2D eigenvalue weighted by molar-refractivity contribution is 5.79. The smallest absolute Gasteiger partial charge is 0.313 e. The van der Waals surface area contributed by atoms with Crippen LogP contribution in [0.5, 0.6) is 0 Å². The van der Waals surface area contributed by atoms with E-state index in [1.54, 1.807) is 0 Å². The van der Waals surface area contributed by atoms with Gasteiger partial charge in [0.15, 0.2) is 0 Å². The zero-order valence-electron chi connectivity index (χ0n) is 15.0. The molecule has 1 atom stereocenters. The maximum Gasteiger partial charge on any atom is 0.313 e. The van der Waals surface area contributed by atoms with Crippen LogP contribution in [0.1, 0.15) is 47.6 Å². The average Bonchev–Trinajstić information content (AvgIpc) is 2.55. The van der Waals surface area contributed by atoms with E-state index in [4.69, 9.17) is 4.74 Å². The van der Waals surface area contributed by atoms with Crippen LogP contribution in [-0.2, 0) is 9.53 Å². The van der Waals surface area contributed by atoms with E-state index < -0.39 is 0 Å². The van der Waals surface area contributed by atoms with Crippen molar-refractivity contribution in [3.8, 4) is 11.1 Å². The third-order valence-electron chi connectivity index (χ3n) is 4.82. The fourth-order valence-electron chi connectivity index (χ4n) is 2.89. The van der Waals surface area contributed by atoms with Crippen LogP contribution in [0.15, 0.2) is 30.3 Å². The van der Waals surface area contributed by atoms with Crippen LogP contribution in [0.3, 0.4) is 0 Å². The Bertz CT molecular complexity index is 729. The van der Waals surface area contributed by atoms with Crippen molar-refractivity contribution in [1.82, 2.24) is 0 Å². The number of carbonyl (C=O) groups is 1. The highest BCUT2D eigenvalue weighted by Gasteiger charge is 2.17. The van der Waals surface area contributed by atoms with Gasteiger partial charge >= 0.3 is 5.97 Å². The molecule has 2 aromatic carbocycles. The molecule has 0 aromatic heterocycles. The van der Waals surface area contributed by atoms with Gasteiger partial charge in [0.1, 0.15) is 0 Å². The van der Waals surface area contributed by atoms with Gasteiger partial charge in [-0.05, 0) is 80.5 Å². The normalized spacial score (nSPS) is 12.1. The molecular formula is C21H26O2. The van der Waals surface area contributed by atoms with E-state index in [-0.39, 0.29) is 11.9 Å². The number of ether oxygens (including phenoxy) is 1. The Labute approximate surface area is 139 Å². The quantitative estimate of drug-likeness (QED) is 0.721. The van der Waals surface area contributed by atoms with Gasteiger partial charge in [0.05, 0.1) is 12.5 Å². The van der Waals surface area contributed by atoms with Gasteiger partial charge in [-0.15, -0.1) is 0 Å². The third kappa shape index (κ3) is 3.47. The molecule has 0 aliphatic carbocycles. The molecule has 2 heteroatoms. The molecule has 122 valence electrons. The lowest BCUT2D eigenvalue weighted by Gasteiger charge is -2.16. The van der Waals surface area contributed by atoms with Crippen molar-refractivity contribution < 1.29 is 9.53 Å². The molecule has 0 N–H and O–H groups in total. The first-order valence-corrected chi connectivity index (χ1v) is 8.21. The second-order valence-electron chi connectivity index (χ2n) is 6.22. The Morgan fingerprint density at radius 2 is 1.74 bits per heavy atom. The predicted molar refractivity (Wildman–Crippen MR) is 95.9 cm³/mol. The minimum atomic E-state index is -0.247. The summed E-state index contributed by atoms with van der Waals surface area (Å²) in [5.41, 5.74) is 8.68. The van der Waals surface area contributed by atoms with Crippen molar-refractivity contribution >= 4 is 5.97 Å². The molecule has 0 radical (unpaired) electrons. The molecule has 0 fully saturated rings. The zero-order valence-corrected chi connectivity index (χ0v) is 15.0. The molecule has 2 aromatic rings. The summed E-state index contributed by atoms with van der Waals surface area (Å²) in [5.74, 6) is -0.416. The predicted octanol–water partition coefficient (Wildman–Crippen LogP) is 5.25. The summed E-state index contributed by atoms with van der Waals surface area (Å²) in [6.45, 7) is 12.8. The number of esters is 1. The van der Waals surface area contributed by atoms with E-state index in [2.05, 4.69) is 45.9 Å². The topological polar surface area (TPSA) is 26.3 Å². The van der Waals surface area contributed by atoms with Crippen LogP contribution in [0.25, 0.3) is 11.1 Å². The monoisotopic (exact) mass is 310 g/mol. The molecule has 2 rings (SSSR count). The Kier molecular flexibility index (Phi) is 5.25. The van der Waals surface area contributed by atoms with Crippen molar-refractivity contribution in [3.63, 3.8) is 0 Å². The lowest BCUT2D eigenvalue weighted by Crippen LogP contribution is -2.13. The van der Waals surface area contributed by atoms with Gasteiger partial charge in [-0.2, -0.15) is 0 Å². The van der Waals surface area contributed by atoms with Crippen molar-refractivity contribution in [2.45, 2.75) is 47.5 Å². The molecule has 2 nitrogen and oxygen atoms in total. The SMILES string of the molecule is CCOC(=O)C(C)c1cccc(-c2cc(C)c(C)c(C)c2C)c1. The van der Waals surface area contributed by atoms with Gasteiger partial charge in [-0.25, -0.2) is 0 Å². The largest absolute Gasteiger partial charge is 0.466 e. The van der Waals surface area contributed by atoms with E-state index in [0.717, 1.165) is 11.1 Å². The third-order valence-corrected chi connectivity index (χ3v) is 4.82. The first-order chi connectivity index (χ1) is 10.9. The number of hydrogen-bond acceptors (Lipinski definition) is 2. The number of carbonyl (C=O) groups excluding carboxylic acids is 1. The average molecular weight is 310 g/mol. The Morgan fingerprint density at radius 3 is 2.39 bits per heavy atom. The van der Waals surface area contributed by atoms with Crippen molar-refractivity contribution in [1.29, 1.82) is 0 Å². The van der Waals surface area contributed by atoms with Gasteiger partial charge in [-0.1, -0.05) is 30.3 Å². The van der Waals surface area contributed by atoms with E-state index in [1.165, 1.54) is 27.8 Å². The lowest BCUT2D eigenvalue weighted by atomic mass is 9.89. The van der Waals surface area contributed by atoms with Crippen molar-refractivity contribution in [2.24, 2.45) is 0 Å². The molecule has 0 amide bonds. The second-order valence-corrected chi connectivity index (χ2v) is 6.22. The molecular weight excluding hydrogens is 284 g/mol. The van der Waals surface area contributed by atoms with Crippen LogP contribution in [0.2, 0.25) is 0 Å². The molecule has 0 saturated carbocycles. The van der Waals surface area contributed by atoms with Gasteiger partial charge in [0.2, 0.25) is 0 Å². The fraction of sp³-hybridized carbons (Fsp3) is 0.381. The second kappa shape index (κ2) is 6.99. The number of rotatable bonds is 4. The molecule has 0 aliphatic heterocycles. The van der Waals surface area contributed by atoms with Crippen LogP contribution in [-0.4, -0.2) is 12.6 Å². The van der Waals surface area contributed by atoms with Crippen molar-refractivity contribution in [3.05, 3.63) is 58.1 Å². The van der Waals surface area contributed by atoms with Crippen molar-refractivity contribution in [2.75, 3.05) is 6.61 Å². The summed E-state index contributed by atoms with van der Waals surface area (Å²) in [7, 11) is 0. The van der Waals surface area contributed by atoms with E-state index in [9.17, 15) is 4.79 Å². The lowest BCUT2D eigenvalue weighted by molar-refractivity contribution is -0.144. The van der Waals surface area contributed by atoms with Gasteiger partial charge in [0, 0.05) is 0 Å². The maximum absolute atomic E-state index is 12.0. The standard InChI is InChI=1S/C21H26O2/c1-7-23-21(22)17(6)18-9-8-10-19(12-18)20-11-13(2)14(3)15(4)16(20)5/h8-12,17H,7H2,1-6H3. The van der Waals surface area contributed by atoms with Crippen LogP contribution >= 0.6 is 0 Å². The van der Waals surface area contributed by atoms with E-state index >= 15 is 0 Å². The first kappa shape index (κ1) is 17.3. The summed E-state index contributed by atoms with van der Waals surface area (Å²) >= 11 is 0.